The summed E-state index contributed by atoms with van der Waals surface area (Å²) in [5.74, 6) is -4.88. The first-order valence-corrected chi connectivity index (χ1v) is 10.5. The van der Waals surface area contributed by atoms with E-state index in [1.807, 2.05) is 6.20 Å². The zero-order chi connectivity index (χ0) is 21.1. The minimum absolute atomic E-state index is 0.390. The van der Waals surface area contributed by atoms with Crippen molar-refractivity contribution in [3.8, 4) is 0 Å². The molecule has 1 aliphatic heterocycles. The third kappa shape index (κ3) is 2.88. The van der Waals surface area contributed by atoms with Crippen molar-refractivity contribution in [1.82, 2.24) is 4.98 Å². The quantitative estimate of drug-likeness (QED) is 0.514. The van der Waals surface area contributed by atoms with Crippen LogP contribution < -0.4 is 0 Å². The largest absolute Gasteiger partial charge is 0.458 e. The lowest BCUT2D eigenvalue weighted by Crippen LogP contribution is -2.33. The Balaban J connectivity index is 1.56. The molecule has 0 amide bonds. The van der Waals surface area contributed by atoms with E-state index in [4.69, 9.17) is 4.74 Å². The lowest BCUT2D eigenvalue weighted by Gasteiger charge is -2.29. The summed E-state index contributed by atoms with van der Waals surface area (Å²) in [5, 5.41) is 0. The van der Waals surface area contributed by atoms with Gasteiger partial charge in [0.1, 0.15) is 6.10 Å². The fourth-order valence-corrected chi connectivity index (χ4v) is 5.36. The van der Waals surface area contributed by atoms with Gasteiger partial charge in [0.05, 0.1) is 5.60 Å². The van der Waals surface area contributed by atoms with E-state index in [1.165, 1.54) is 23.3 Å². The molecule has 2 aromatic rings. The van der Waals surface area contributed by atoms with Crippen LogP contribution in [-0.2, 0) is 29.1 Å². The van der Waals surface area contributed by atoms with Crippen molar-refractivity contribution in [1.29, 1.82) is 0 Å². The highest BCUT2D eigenvalue weighted by Gasteiger charge is 2.58. The van der Waals surface area contributed by atoms with Crippen LogP contribution in [0.4, 0.5) is 22.0 Å². The van der Waals surface area contributed by atoms with E-state index in [0.29, 0.717) is 5.56 Å². The van der Waals surface area contributed by atoms with Crippen LogP contribution >= 0.6 is 0 Å². The maximum absolute atomic E-state index is 13.7. The van der Waals surface area contributed by atoms with Crippen LogP contribution in [0.15, 0.2) is 30.5 Å². The van der Waals surface area contributed by atoms with Crippen LogP contribution in [0.25, 0.3) is 0 Å². The van der Waals surface area contributed by atoms with Crippen molar-refractivity contribution < 1.29 is 26.7 Å². The maximum Gasteiger partial charge on any atom is 0.458 e. The van der Waals surface area contributed by atoms with Crippen LogP contribution in [0.5, 0.6) is 0 Å². The van der Waals surface area contributed by atoms with Crippen LogP contribution in [0.1, 0.15) is 78.1 Å². The third-order valence-electron chi connectivity index (χ3n) is 6.81. The van der Waals surface area contributed by atoms with Gasteiger partial charge in [0.15, 0.2) is 0 Å². The molecule has 2 heterocycles. The highest BCUT2D eigenvalue weighted by molar-refractivity contribution is 5.50. The number of pyridine rings is 1. The molecule has 160 valence electrons. The second-order valence-corrected chi connectivity index (χ2v) is 8.61. The Hall–Kier alpha value is -2.02. The summed E-state index contributed by atoms with van der Waals surface area (Å²) in [4.78, 5) is 4.66. The molecular formula is C23H22F5NO. The predicted molar refractivity (Wildman–Crippen MR) is 100 cm³/mol. The van der Waals surface area contributed by atoms with Gasteiger partial charge in [-0.25, -0.2) is 0 Å². The zero-order valence-electron chi connectivity index (χ0n) is 16.4. The summed E-state index contributed by atoms with van der Waals surface area (Å²) >= 11 is 0. The molecule has 2 aliphatic carbocycles. The fraction of sp³-hybridized carbons (Fsp3) is 0.522. The van der Waals surface area contributed by atoms with Gasteiger partial charge < -0.3 is 4.74 Å². The molecule has 1 fully saturated rings. The SMILES string of the molecule is FC(F)(F)C(F)(F)c1ccc(C2OC3(CCCC3)c3c2cnc2c3CCCC2)cc1. The van der Waals surface area contributed by atoms with Crippen LogP contribution in [0, 0.1) is 0 Å². The first-order valence-electron chi connectivity index (χ1n) is 10.5. The number of aryl methyl sites for hydroxylation is 1. The minimum atomic E-state index is -5.62. The van der Waals surface area contributed by atoms with Crippen molar-refractivity contribution >= 4 is 0 Å². The normalized spacial score (nSPS) is 22.9. The van der Waals surface area contributed by atoms with E-state index in [9.17, 15) is 22.0 Å². The molecule has 3 aliphatic rings. The second kappa shape index (κ2) is 6.74. The van der Waals surface area contributed by atoms with Gasteiger partial charge in [0, 0.05) is 23.0 Å². The molecule has 1 saturated carbocycles. The molecule has 30 heavy (non-hydrogen) atoms. The van der Waals surface area contributed by atoms with E-state index < -0.39 is 23.8 Å². The Morgan fingerprint density at radius 1 is 0.900 bits per heavy atom. The third-order valence-corrected chi connectivity index (χ3v) is 6.81. The first-order chi connectivity index (χ1) is 14.2. The highest BCUT2D eigenvalue weighted by Crippen LogP contribution is 2.56. The molecule has 1 aromatic heterocycles. The van der Waals surface area contributed by atoms with Gasteiger partial charge in [-0.1, -0.05) is 37.1 Å². The molecule has 1 unspecified atom stereocenters. The van der Waals surface area contributed by atoms with Crippen molar-refractivity contribution in [2.24, 2.45) is 0 Å². The first kappa shape index (κ1) is 19.9. The molecule has 1 atom stereocenters. The Labute approximate surface area is 171 Å². The molecule has 0 saturated heterocycles. The number of hydrogen-bond donors (Lipinski definition) is 0. The molecule has 5 rings (SSSR count). The number of nitrogens with zero attached hydrogens (tertiary/aromatic N) is 1. The van der Waals surface area contributed by atoms with E-state index in [0.717, 1.165) is 74.8 Å². The smallest absolute Gasteiger partial charge is 0.358 e. The summed E-state index contributed by atoms with van der Waals surface area (Å²) < 4.78 is 72.0. The van der Waals surface area contributed by atoms with E-state index in [1.54, 1.807) is 0 Å². The van der Waals surface area contributed by atoms with Gasteiger partial charge >= 0.3 is 12.1 Å². The molecule has 7 heteroatoms. The molecule has 0 bridgehead atoms. The average Bonchev–Trinajstić information content (AvgIpc) is 3.33. The second-order valence-electron chi connectivity index (χ2n) is 8.61. The molecular weight excluding hydrogens is 401 g/mol. The molecule has 2 nitrogen and oxygen atoms in total. The van der Waals surface area contributed by atoms with E-state index in [2.05, 4.69) is 4.98 Å². The molecule has 0 N–H and O–H groups in total. The van der Waals surface area contributed by atoms with Gasteiger partial charge in [0.2, 0.25) is 0 Å². The molecule has 0 radical (unpaired) electrons. The van der Waals surface area contributed by atoms with Crippen LogP contribution in [0.3, 0.4) is 0 Å². The number of aromatic nitrogens is 1. The molecule has 1 spiro atoms. The number of ether oxygens (including phenoxy) is 1. The van der Waals surface area contributed by atoms with Gasteiger partial charge in [-0.2, -0.15) is 22.0 Å². The summed E-state index contributed by atoms with van der Waals surface area (Å²) in [6.07, 6.45) is 3.75. The van der Waals surface area contributed by atoms with Gasteiger partial charge in [-0.05, 0) is 55.2 Å². The summed E-state index contributed by atoms with van der Waals surface area (Å²) in [6.45, 7) is 0. The Bertz CT molecular complexity index is 961. The predicted octanol–water partition coefficient (Wildman–Crippen LogP) is 6.50. The number of alkyl halides is 5. The van der Waals surface area contributed by atoms with Crippen molar-refractivity contribution in [3.63, 3.8) is 0 Å². The number of hydrogen-bond acceptors (Lipinski definition) is 2. The Morgan fingerprint density at radius 3 is 2.23 bits per heavy atom. The van der Waals surface area contributed by atoms with Crippen LogP contribution in [0.2, 0.25) is 0 Å². The van der Waals surface area contributed by atoms with E-state index in [-0.39, 0.29) is 5.60 Å². The molecule has 1 aromatic carbocycles. The fourth-order valence-electron chi connectivity index (χ4n) is 5.36. The highest BCUT2D eigenvalue weighted by atomic mass is 19.4. The van der Waals surface area contributed by atoms with Gasteiger partial charge in [-0.15, -0.1) is 0 Å². The Kier molecular flexibility index (Phi) is 4.47. The van der Waals surface area contributed by atoms with Crippen LogP contribution in [-0.4, -0.2) is 11.2 Å². The van der Waals surface area contributed by atoms with Crippen molar-refractivity contribution in [2.75, 3.05) is 0 Å². The number of rotatable bonds is 2. The maximum atomic E-state index is 13.7. The number of halogens is 5. The minimum Gasteiger partial charge on any atom is -0.358 e. The summed E-state index contributed by atoms with van der Waals surface area (Å²) in [6, 6.07) is 4.38. The lowest BCUT2D eigenvalue weighted by molar-refractivity contribution is -0.289. The monoisotopic (exact) mass is 423 g/mol. The summed E-state index contributed by atoms with van der Waals surface area (Å²) in [7, 11) is 0. The number of fused-ring (bicyclic) bond motifs is 4. The van der Waals surface area contributed by atoms with Gasteiger partial charge in [0.25, 0.3) is 0 Å². The zero-order valence-corrected chi connectivity index (χ0v) is 16.4. The number of benzene rings is 1. The summed E-state index contributed by atoms with van der Waals surface area (Å²) in [5.41, 5.74) is 3.67. The van der Waals surface area contributed by atoms with Crippen molar-refractivity contribution in [2.45, 2.75) is 75.2 Å². The average molecular weight is 423 g/mol. The standard InChI is InChI=1S/C23H22F5NO/c24-22(25,23(26,27)28)15-9-7-14(8-10-15)20-17-13-29-18-6-2-1-5-16(18)19(17)21(30-20)11-3-4-12-21/h7-10,13,20H,1-6,11-12H2. The lowest BCUT2D eigenvalue weighted by atomic mass is 9.81. The topological polar surface area (TPSA) is 22.1 Å². The Morgan fingerprint density at radius 2 is 1.57 bits per heavy atom. The van der Waals surface area contributed by atoms with E-state index >= 15 is 0 Å². The van der Waals surface area contributed by atoms with Crippen molar-refractivity contribution in [3.05, 3.63) is 64.0 Å². The van der Waals surface area contributed by atoms with Gasteiger partial charge in [-0.3, -0.25) is 4.98 Å².